The maximum atomic E-state index is 12.1. The molecule has 118 valence electrons. The van der Waals surface area contributed by atoms with Crippen LogP contribution >= 0.6 is 0 Å². The van der Waals surface area contributed by atoms with E-state index in [-0.39, 0.29) is 0 Å². The third-order valence-corrected chi connectivity index (χ3v) is 5.50. The zero-order valence-electron chi connectivity index (χ0n) is 12.3. The zero-order valence-corrected chi connectivity index (χ0v) is 13.1. The van der Waals surface area contributed by atoms with Crippen molar-refractivity contribution in [2.75, 3.05) is 39.9 Å². The van der Waals surface area contributed by atoms with E-state index in [1.807, 2.05) is 0 Å². The topological polar surface area (TPSA) is 70.7 Å². The van der Waals surface area contributed by atoms with Crippen LogP contribution in [0.1, 0.15) is 32.1 Å². The van der Waals surface area contributed by atoms with Crippen molar-refractivity contribution >= 4 is 10.2 Å². The fourth-order valence-electron chi connectivity index (χ4n) is 2.30. The van der Waals surface area contributed by atoms with Crippen molar-refractivity contribution in [3.05, 3.63) is 0 Å². The van der Waals surface area contributed by atoms with E-state index in [1.54, 1.807) is 7.05 Å². The van der Waals surface area contributed by atoms with Crippen molar-refractivity contribution in [1.29, 1.82) is 0 Å². The molecule has 20 heavy (non-hydrogen) atoms. The fourth-order valence-corrected chi connectivity index (χ4v) is 3.34. The molecule has 0 radical (unpaired) electrons. The third-order valence-electron chi connectivity index (χ3n) is 3.97. The predicted molar refractivity (Wildman–Crippen MR) is 78.7 cm³/mol. The number of hydrogen-bond acceptors (Lipinski definition) is 4. The lowest BCUT2D eigenvalue weighted by atomic mass is 10.0. The van der Waals surface area contributed by atoms with Crippen LogP contribution in [0.15, 0.2) is 0 Å². The van der Waals surface area contributed by atoms with Gasteiger partial charge < -0.3 is 10.1 Å². The first-order valence-corrected chi connectivity index (χ1v) is 9.04. The highest BCUT2D eigenvalue weighted by Gasteiger charge is 2.22. The average molecular weight is 305 g/mol. The third kappa shape index (κ3) is 5.65. The molecule has 6 nitrogen and oxygen atoms in total. The van der Waals surface area contributed by atoms with Gasteiger partial charge in [0, 0.05) is 39.4 Å². The van der Waals surface area contributed by atoms with Gasteiger partial charge in [0.25, 0.3) is 10.2 Å². The maximum Gasteiger partial charge on any atom is 0.279 e. The monoisotopic (exact) mass is 305 g/mol. The standard InChI is InChI=1S/C13H27N3O3S/c1-16(8-2-7-14-13-3-4-13)20(17,18)15-11-12-5-9-19-10-6-12/h12-15H,2-11H2,1H3. The van der Waals surface area contributed by atoms with Crippen molar-refractivity contribution in [3.63, 3.8) is 0 Å². The van der Waals surface area contributed by atoms with Gasteiger partial charge in [0.15, 0.2) is 0 Å². The molecule has 2 fully saturated rings. The quantitative estimate of drug-likeness (QED) is 0.602. The molecule has 0 unspecified atom stereocenters. The fraction of sp³-hybridized carbons (Fsp3) is 1.00. The molecule has 2 N–H and O–H groups in total. The van der Waals surface area contributed by atoms with Crippen LogP contribution in [-0.2, 0) is 14.9 Å². The summed E-state index contributed by atoms with van der Waals surface area (Å²) in [7, 11) is -1.69. The van der Waals surface area contributed by atoms with Crippen molar-refractivity contribution in [3.8, 4) is 0 Å². The highest BCUT2D eigenvalue weighted by Crippen LogP contribution is 2.18. The number of nitrogens with one attached hydrogen (secondary N) is 2. The summed E-state index contributed by atoms with van der Waals surface area (Å²) in [4.78, 5) is 0. The zero-order chi connectivity index (χ0) is 14.4. The molecule has 2 rings (SSSR count). The van der Waals surface area contributed by atoms with Crippen LogP contribution in [0.4, 0.5) is 0 Å². The first kappa shape index (κ1) is 16.2. The molecular formula is C13H27N3O3S. The molecule has 0 aromatic rings. The van der Waals surface area contributed by atoms with E-state index in [1.165, 1.54) is 17.1 Å². The molecule has 2 aliphatic rings. The molecule has 1 saturated heterocycles. The van der Waals surface area contributed by atoms with Crippen molar-refractivity contribution in [1.82, 2.24) is 14.3 Å². The molecule has 0 bridgehead atoms. The second-order valence-corrected chi connectivity index (χ2v) is 7.67. The molecule has 1 heterocycles. The Labute approximate surface area is 122 Å². The Hall–Kier alpha value is -0.210. The molecule has 1 aliphatic heterocycles. The van der Waals surface area contributed by atoms with Crippen molar-refractivity contribution in [2.24, 2.45) is 5.92 Å². The van der Waals surface area contributed by atoms with Crippen LogP contribution in [0.5, 0.6) is 0 Å². The Morgan fingerprint density at radius 2 is 1.90 bits per heavy atom. The minimum atomic E-state index is -3.33. The number of rotatable bonds is 9. The summed E-state index contributed by atoms with van der Waals surface area (Å²) < 4.78 is 33.6. The van der Waals surface area contributed by atoms with Gasteiger partial charge in [-0.1, -0.05) is 0 Å². The van der Waals surface area contributed by atoms with Crippen LogP contribution in [0.25, 0.3) is 0 Å². The van der Waals surface area contributed by atoms with Gasteiger partial charge in [-0.3, -0.25) is 0 Å². The lowest BCUT2D eigenvalue weighted by molar-refractivity contribution is 0.0677. The average Bonchev–Trinajstić information content (AvgIpc) is 3.26. The molecule has 0 aromatic carbocycles. The first-order chi connectivity index (χ1) is 9.58. The molecule has 0 atom stereocenters. The first-order valence-electron chi connectivity index (χ1n) is 7.60. The van der Waals surface area contributed by atoms with E-state index in [4.69, 9.17) is 4.74 Å². The van der Waals surface area contributed by atoms with Gasteiger partial charge in [0.1, 0.15) is 0 Å². The van der Waals surface area contributed by atoms with Crippen LogP contribution in [0.3, 0.4) is 0 Å². The van der Waals surface area contributed by atoms with Gasteiger partial charge in [-0.2, -0.15) is 12.7 Å². The summed E-state index contributed by atoms with van der Waals surface area (Å²) in [6.45, 7) is 3.47. The van der Waals surface area contributed by atoms with Gasteiger partial charge in [-0.05, 0) is 44.6 Å². The van der Waals surface area contributed by atoms with E-state index in [2.05, 4.69) is 10.0 Å². The van der Waals surface area contributed by atoms with Gasteiger partial charge in [0.05, 0.1) is 0 Å². The number of hydrogen-bond donors (Lipinski definition) is 2. The second-order valence-electron chi connectivity index (χ2n) is 5.81. The van der Waals surface area contributed by atoms with Crippen molar-refractivity contribution in [2.45, 2.75) is 38.1 Å². The van der Waals surface area contributed by atoms with Gasteiger partial charge in [-0.25, -0.2) is 4.72 Å². The van der Waals surface area contributed by atoms with E-state index in [9.17, 15) is 8.42 Å². The van der Waals surface area contributed by atoms with Gasteiger partial charge in [0.2, 0.25) is 0 Å². The Balaban J connectivity index is 1.62. The maximum absolute atomic E-state index is 12.1. The minimum absolute atomic E-state index is 0.406. The lowest BCUT2D eigenvalue weighted by Gasteiger charge is -2.24. The Morgan fingerprint density at radius 3 is 2.55 bits per heavy atom. The Kier molecular flexibility index (Phi) is 6.22. The summed E-state index contributed by atoms with van der Waals surface area (Å²) in [5, 5.41) is 3.39. The largest absolute Gasteiger partial charge is 0.381 e. The smallest absolute Gasteiger partial charge is 0.279 e. The van der Waals surface area contributed by atoms with E-state index < -0.39 is 10.2 Å². The highest BCUT2D eigenvalue weighted by molar-refractivity contribution is 7.87. The summed E-state index contributed by atoms with van der Waals surface area (Å²) in [6, 6.07) is 0.684. The number of ether oxygens (including phenoxy) is 1. The minimum Gasteiger partial charge on any atom is -0.381 e. The van der Waals surface area contributed by atoms with Crippen LogP contribution < -0.4 is 10.0 Å². The SMILES string of the molecule is CN(CCCNC1CC1)S(=O)(=O)NCC1CCOCC1. The van der Waals surface area contributed by atoms with Gasteiger partial charge in [-0.15, -0.1) is 0 Å². The summed E-state index contributed by atoms with van der Waals surface area (Å²) in [5.41, 5.74) is 0. The normalized spacial score (nSPS) is 21.5. The van der Waals surface area contributed by atoms with Crippen molar-refractivity contribution < 1.29 is 13.2 Å². The lowest BCUT2D eigenvalue weighted by Crippen LogP contribution is -2.42. The molecule has 1 saturated carbocycles. The van der Waals surface area contributed by atoms with Crippen LogP contribution in [0, 0.1) is 5.92 Å². The Morgan fingerprint density at radius 1 is 1.20 bits per heavy atom. The molecule has 7 heteroatoms. The summed E-state index contributed by atoms with van der Waals surface area (Å²) in [6.07, 6.45) is 5.27. The Bertz CT molecular complexity index is 378. The summed E-state index contributed by atoms with van der Waals surface area (Å²) in [5.74, 6) is 0.406. The highest BCUT2D eigenvalue weighted by atomic mass is 32.2. The van der Waals surface area contributed by atoms with E-state index in [0.717, 1.165) is 39.0 Å². The molecule has 0 amide bonds. The number of nitrogens with zero attached hydrogens (tertiary/aromatic N) is 1. The molecule has 1 aliphatic carbocycles. The predicted octanol–water partition coefficient (Wildman–Crippen LogP) is 0.321. The molecule has 0 aromatic heterocycles. The molecule has 0 spiro atoms. The van der Waals surface area contributed by atoms with Crippen LogP contribution in [0.2, 0.25) is 0 Å². The summed E-state index contributed by atoms with van der Waals surface area (Å²) >= 11 is 0. The van der Waals surface area contributed by atoms with Crippen LogP contribution in [-0.4, -0.2) is 58.7 Å². The van der Waals surface area contributed by atoms with Gasteiger partial charge >= 0.3 is 0 Å². The van der Waals surface area contributed by atoms with E-state index >= 15 is 0 Å². The molecular weight excluding hydrogens is 278 g/mol. The second kappa shape index (κ2) is 7.70. The van der Waals surface area contributed by atoms with E-state index in [0.29, 0.717) is 25.0 Å².